The number of rotatable bonds is 4. The fourth-order valence-corrected chi connectivity index (χ4v) is 6.81. The quantitative estimate of drug-likeness (QED) is 0.451. The summed E-state index contributed by atoms with van der Waals surface area (Å²) in [5.41, 5.74) is 1.34. The van der Waals surface area contributed by atoms with Gasteiger partial charge in [-0.15, -0.1) is 0 Å². The summed E-state index contributed by atoms with van der Waals surface area (Å²) in [4.78, 5) is 31.3. The third-order valence-electron chi connectivity index (χ3n) is 7.16. The van der Waals surface area contributed by atoms with Crippen LogP contribution in [0.25, 0.3) is 6.08 Å². The van der Waals surface area contributed by atoms with Crippen molar-refractivity contribution in [1.29, 1.82) is 5.26 Å². The molecule has 33 heavy (non-hydrogen) atoms. The Kier molecular flexibility index (Phi) is 7.30. The smallest absolute Gasteiger partial charge is 0.270 e. The summed E-state index contributed by atoms with van der Waals surface area (Å²) >= 11 is 6.97. The van der Waals surface area contributed by atoms with Crippen molar-refractivity contribution in [3.63, 3.8) is 0 Å². The van der Waals surface area contributed by atoms with Crippen LogP contribution in [-0.4, -0.2) is 38.8 Å². The number of pyridine rings is 1. The number of anilines is 1. The molecule has 1 aliphatic carbocycles. The molecule has 8 heteroatoms. The van der Waals surface area contributed by atoms with Crippen LogP contribution in [0.5, 0.6) is 0 Å². The lowest BCUT2D eigenvalue weighted by Crippen LogP contribution is -2.40. The summed E-state index contributed by atoms with van der Waals surface area (Å²) in [6, 6.07) is 2.29. The highest BCUT2D eigenvalue weighted by atomic mass is 32.2. The van der Waals surface area contributed by atoms with Crippen LogP contribution in [0.3, 0.4) is 0 Å². The van der Waals surface area contributed by atoms with E-state index in [0.29, 0.717) is 27.3 Å². The van der Waals surface area contributed by atoms with Crippen LogP contribution in [0.1, 0.15) is 75.5 Å². The number of thioether (sulfide) groups is 1. The van der Waals surface area contributed by atoms with Gasteiger partial charge in [0, 0.05) is 31.2 Å². The number of piperidine rings is 1. The number of carbonyl (C=O) groups is 1. The third-order valence-corrected chi connectivity index (χ3v) is 8.49. The fraction of sp³-hybridized carbons (Fsp3) is 0.600. The predicted octanol–water partition coefficient (Wildman–Crippen LogP) is 4.82. The molecular weight excluding hydrogens is 452 g/mol. The second-order valence-electron chi connectivity index (χ2n) is 9.44. The van der Waals surface area contributed by atoms with Gasteiger partial charge in [-0.2, -0.15) is 5.26 Å². The first-order valence-electron chi connectivity index (χ1n) is 12.1. The Morgan fingerprint density at radius 2 is 1.91 bits per heavy atom. The molecule has 6 nitrogen and oxygen atoms in total. The number of thiocarbonyl (C=S) groups is 1. The van der Waals surface area contributed by atoms with Crippen molar-refractivity contribution >= 4 is 46.1 Å². The Labute approximate surface area is 205 Å². The Morgan fingerprint density at radius 1 is 1.18 bits per heavy atom. The number of carbonyl (C=O) groups excluding carboxylic acids is 1. The molecule has 3 fully saturated rings. The molecule has 3 heterocycles. The molecular formula is C25H32N4O2S2. The molecule has 1 aromatic heterocycles. The van der Waals surface area contributed by atoms with E-state index in [0.717, 1.165) is 63.0 Å². The molecule has 1 unspecified atom stereocenters. The van der Waals surface area contributed by atoms with E-state index in [1.54, 1.807) is 4.57 Å². The lowest BCUT2D eigenvalue weighted by Gasteiger charge is -2.36. The summed E-state index contributed by atoms with van der Waals surface area (Å²) in [5, 5.41) is 9.76. The van der Waals surface area contributed by atoms with Crippen molar-refractivity contribution < 1.29 is 4.79 Å². The van der Waals surface area contributed by atoms with Crippen LogP contribution in [0, 0.1) is 24.2 Å². The molecule has 1 saturated carbocycles. The van der Waals surface area contributed by atoms with Gasteiger partial charge in [0.15, 0.2) is 0 Å². The average molecular weight is 485 g/mol. The Balaban J connectivity index is 1.83. The van der Waals surface area contributed by atoms with Gasteiger partial charge in [-0.05, 0) is 57.1 Å². The Morgan fingerprint density at radius 3 is 2.55 bits per heavy atom. The predicted molar refractivity (Wildman–Crippen MR) is 138 cm³/mol. The zero-order chi connectivity index (χ0) is 23.7. The van der Waals surface area contributed by atoms with Gasteiger partial charge in [0.05, 0.1) is 4.91 Å². The number of nitriles is 1. The summed E-state index contributed by atoms with van der Waals surface area (Å²) in [5.74, 6) is 1.31. The topological polar surface area (TPSA) is 69.3 Å². The van der Waals surface area contributed by atoms with Crippen LogP contribution in [0.2, 0.25) is 0 Å². The normalized spacial score (nSPS) is 23.5. The second kappa shape index (κ2) is 10.0. The van der Waals surface area contributed by atoms with Crippen LogP contribution in [0.4, 0.5) is 5.82 Å². The first-order chi connectivity index (χ1) is 15.9. The molecule has 1 amide bonds. The van der Waals surface area contributed by atoms with E-state index in [4.69, 9.17) is 12.2 Å². The SMILES string of the molecule is CCn1c(N2CCCC(C)C2)c(/C=C2/SC(=S)N(C3CCCCC3)C2=O)c(C)c(C#N)c1=O. The fourth-order valence-electron chi connectivity index (χ4n) is 5.42. The molecule has 176 valence electrons. The lowest BCUT2D eigenvalue weighted by atomic mass is 9.94. The number of hydrogen-bond acceptors (Lipinski definition) is 6. The number of nitrogens with zero attached hydrogens (tertiary/aromatic N) is 4. The van der Waals surface area contributed by atoms with E-state index in [1.165, 1.54) is 18.2 Å². The third kappa shape index (κ3) is 4.50. The van der Waals surface area contributed by atoms with Crippen LogP contribution < -0.4 is 10.5 Å². The van der Waals surface area contributed by atoms with E-state index in [1.807, 2.05) is 24.8 Å². The van der Waals surface area contributed by atoms with Crippen LogP contribution in [-0.2, 0) is 11.3 Å². The van der Waals surface area contributed by atoms with Gasteiger partial charge in [-0.3, -0.25) is 19.1 Å². The number of hydrogen-bond donors (Lipinski definition) is 0. The van der Waals surface area contributed by atoms with E-state index in [2.05, 4.69) is 17.9 Å². The second-order valence-corrected chi connectivity index (χ2v) is 11.1. The standard InChI is InChI=1S/C25H32N4O2S2/c1-4-28-22(27-12-8-9-16(2)15-27)19(17(3)20(14-26)23(28)30)13-21-24(31)29(25(32)33-21)18-10-6-5-7-11-18/h13,16,18H,4-12,15H2,1-3H3/b21-13+. The molecule has 3 aliphatic rings. The zero-order valence-electron chi connectivity index (χ0n) is 19.7. The molecule has 1 aromatic rings. The first-order valence-corrected chi connectivity index (χ1v) is 13.3. The van der Waals surface area contributed by atoms with Gasteiger partial charge >= 0.3 is 0 Å². The minimum absolute atomic E-state index is 0.0398. The summed E-state index contributed by atoms with van der Waals surface area (Å²) in [6.45, 7) is 8.17. The lowest BCUT2D eigenvalue weighted by molar-refractivity contribution is -0.124. The molecule has 2 aliphatic heterocycles. The minimum atomic E-state index is -0.252. The van der Waals surface area contributed by atoms with E-state index in [9.17, 15) is 14.9 Å². The molecule has 0 bridgehead atoms. The average Bonchev–Trinajstić information content (AvgIpc) is 3.09. The van der Waals surface area contributed by atoms with Gasteiger partial charge in [0.25, 0.3) is 11.5 Å². The van der Waals surface area contributed by atoms with E-state index in [-0.39, 0.29) is 23.1 Å². The number of aromatic nitrogens is 1. The molecule has 2 saturated heterocycles. The minimum Gasteiger partial charge on any atom is -0.357 e. The molecule has 0 aromatic carbocycles. The van der Waals surface area contributed by atoms with Gasteiger partial charge in [0.1, 0.15) is 21.8 Å². The van der Waals surface area contributed by atoms with Crippen molar-refractivity contribution in [3.8, 4) is 6.07 Å². The maximum absolute atomic E-state index is 13.4. The van der Waals surface area contributed by atoms with Crippen molar-refractivity contribution in [2.24, 2.45) is 5.92 Å². The highest BCUT2D eigenvalue weighted by Gasteiger charge is 2.38. The summed E-state index contributed by atoms with van der Waals surface area (Å²) < 4.78 is 2.32. The van der Waals surface area contributed by atoms with Crippen molar-refractivity contribution in [3.05, 3.63) is 31.9 Å². The summed E-state index contributed by atoms with van der Waals surface area (Å²) in [7, 11) is 0. The van der Waals surface area contributed by atoms with Crippen molar-refractivity contribution in [2.75, 3.05) is 18.0 Å². The monoisotopic (exact) mass is 484 g/mol. The highest BCUT2D eigenvalue weighted by molar-refractivity contribution is 8.26. The van der Waals surface area contributed by atoms with Crippen molar-refractivity contribution in [2.45, 2.75) is 78.3 Å². The van der Waals surface area contributed by atoms with Crippen LogP contribution >= 0.6 is 24.0 Å². The number of amides is 1. The Bertz CT molecular complexity index is 1100. The maximum Gasteiger partial charge on any atom is 0.270 e. The summed E-state index contributed by atoms with van der Waals surface area (Å²) in [6.07, 6.45) is 9.57. The van der Waals surface area contributed by atoms with E-state index < -0.39 is 0 Å². The van der Waals surface area contributed by atoms with Crippen molar-refractivity contribution in [1.82, 2.24) is 9.47 Å². The highest BCUT2D eigenvalue weighted by Crippen LogP contribution is 2.39. The van der Waals surface area contributed by atoms with Gasteiger partial charge < -0.3 is 4.90 Å². The molecule has 0 radical (unpaired) electrons. The van der Waals surface area contributed by atoms with Crippen LogP contribution in [0.15, 0.2) is 9.70 Å². The van der Waals surface area contributed by atoms with E-state index >= 15 is 0 Å². The van der Waals surface area contributed by atoms with Gasteiger partial charge in [-0.25, -0.2) is 0 Å². The maximum atomic E-state index is 13.4. The molecule has 0 N–H and O–H groups in total. The Hall–Kier alpha value is -2.11. The zero-order valence-corrected chi connectivity index (χ0v) is 21.4. The molecule has 1 atom stereocenters. The largest absolute Gasteiger partial charge is 0.357 e. The van der Waals surface area contributed by atoms with Gasteiger partial charge in [0.2, 0.25) is 0 Å². The molecule has 0 spiro atoms. The first kappa shape index (κ1) is 24.0. The van der Waals surface area contributed by atoms with Gasteiger partial charge in [-0.1, -0.05) is 50.2 Å². The molecule has 4 rings (SSSR count).